The number of rotatable bonds is 2. The summed E-state index contributed by atoms with van der Waals surface area (Å²) in [6, 6.07) is 10.4. The van der Waals surface area contributed by atoms with Crippen LogP contribution in [0.1, 0.15) is 25.3 Å². The zero-order valence-electron chi connectivity index (χ0n) is 9.71. The summed E-state index contributed by atoms with van der Waals surface area (Å²) in [6.45, 7) is 4.18. The van der Waals surface area contributed by atoms with Crippen molar-refractivity contribution in [3.63, 3.8) is 0 Å². The Balaban J connectivity index is 2.74. The average Bonchev–Trinajstić information content (AvgIpc) is 2.26. The van der Waals surface area contributed by atoms with Crippen molar-refractivity contribution in [2.45, 2.75) is 24.7 Å². The van der Waals surface area contributed by atoms with Gasteiger partial charge in [-0.05, 0) is 34.4 Å². The molecule has 0 radical (unpaired) electrons. The van der Waals surface area contributed by atoms with Crippen LogP contribution in [0, 0.1) is 0 Å². The van der Waals surface area contributed by atoms with Gasteiger partial charge in [-0.15, -0.1) is 0 Å². The molecular weight excluding hydrogens is 236 g/mol. The minimum atomic E-state index is -4.13. The SMILES string of the molecule is CC(C)c1cccc2cc(S(=O)(=O)O)ccc12. The van der Waals surface area contributed by atoms with Gasteiger partial charge in [0, 0.05) is 0 Å². The van der Waals surface area contributed by atoms with Gasteiger partial charge >= 0.3 is 0 Å². The molecule has 4 heteroatoms. The summed E-state index contributed by atoms with van der Waals surface area (Å²) < 4.78 is 31.1. The van der Waals surface area contributed by atoms with Crippen molar-refractivity contribution in [3.8, 4) is 0 Å². The van der Waals surface area contributed by atoms with Crippen LogP contribution < -0.4 is 0 Å². The molecule has 90 valence electrons. The molecular formula is C13H14O3S. The monoisotopic (exact) mass is 250 g/mol. The molecule has 0 aliphatic heterocycles. The second-order valence-corrected chi connectivity index (χ2v) is 5.78. The zero-order valence-corrected chi connectivity index (χ0v) is 10.5. The van der Waals surface area contributed by atoms with Gasteiger partial charge in [0.15, 0.2) is 0 Å². The van der Waals surface area contributed by atoms with Crippen LogP contribution >= 0.6 is 0 Å². The number of fused-ring (bicyclic) bond motifs is 1. The Morgan fingerprint density at radius 1 is 1.12 bits per heavy atom. The quantitative estimate of drug-likeness (QED) is 0.833. The summed E-state index contributed by atoms with van der Waals surface area (Å²) in [6.07, 6.45) is 0. The van der Waals surface area contributed by atoms with Crippen LogP contribution in [-0.2, 0) is 10.1 Å². The molecule has 0 spiro atoms. The number of hydrogen-bond donors (Lipinski definition) is 1. The van der Waals surface area contributed by atoms with E-state index in [2.05, 4.69) is 13.8 Å². The highest BCUT2D eigenvalue weighted by atomic mass is 32.2. The van der Waals surface area contributed by atoms with Crippen molar-refractivity contribution in [3.05, 3.63) is 42.0 Å². The highest BCUT2D eigenvalue weighted by Gasteiger charge is 2.11. The summed E-state index contributed by atoms with van der Waals surface area (Å²) in [7, 11) is -4.13. The molecule has 17 heavy (non-hydrogen) atoms. The lowest BCUT2D eigenvalue weighted by Gasteiger charge is -2.10. The summed E-state index contributed by atoms with van der Waals surface area (Å²) >= 11 is 0. The van der Waals surface area contributed by atoms with Crippen molar-refractivity contribution in [2.24, 2.45) is 0 Å². The Bertz CT molecular complexity index is 657. The molecule has 2 aromatic rings. The first-order valence-corrected chi connectivity index (χ1v) is 6.84. The van der Waals surface area contributed by atoms with E-state index in [0.717, 1.165) is 10.8 Å². The lowest BCUT2D eigenvalue weighted by molar-refractivity contribution is 0.483. The van der Waals surface area contributed by atoms with E-state index in [0.29, 0.717) is 5.92 Å². The van der Waals surface area contributed by atoms with Crippen LogP contribution in [0.3, 0.4) is 0 Å². The zero-order chi connectivity index (χ0) is 12.6. The summed E-state index contributed by atoms with van der Waals surface area (Å²) in [4.78, 5) is -0.0640. The van der Waals surface area contributed by atoms with Crippen LogP contribution in [0.15, 0.2) is 41.3 Å². The Hall–Kier alpha value is -1.39. The van der Waals surface area contributed by atoms with E-state index in [4.69, 9.17) is 4.55 Å². The van der Waals surface area contributed by atoms with Crippen LogP contribution in [0.4, 0.5) is 0 Å². The Morgan fingerprint density at radius 2 is 1.82 bits per heavy atom. The van der Waals surface area contributed by atoms with Crippen molar-refractivity contribution in [1.29, 1.82) is 0 Å². The lowest BCUT2D eigenvalue weighted by Crippen LogP contribution is -1.98. The van der Waals surface area contributed by atoms with Gasteiger partial charge < -0.3 is 0 Å². The van der Waals surface area contributed by atoms with E-state index in [1.807, 2.05) is 18.2 Å². The first-order valence-electron chi connectivity index (χ1n) is 5.40. The average molecular weight is 250 g/mol. The fourth-order valence-electron chi connectivity index (χ4n) is 1.95. The van der Waals surface area contributed by atoms with Crippen molar-refractivity contribution in [2.75, 3.05) is 0 Å². The molecule has 0 fully saturated rings. The summed E-state index contributed by atoms with van der Waals surface area (Å²) in [5, 5.41) is 1.85. The van der Waals surface area contributed by atoms with Gasteiger partial charge in [-0.2, -0.15) is 8.42 Å². The lowest BCUT2D eigenvalue weighted by atomic mass is 9.96. The van der Waals surface area contributed by atoms with Gasteiger partial charge in [-0.25, -0.2) is 0 Å². The van der Waals surface area contributed by atoms with E-state index in [-0.39, 0.29) is 4.90 Å². The van der Waals surface area contributed by atoms with Crippen LogP contribution in [0.2, 0.25) is 0 Å². The molecule has 2 aromatic carbocycles. The summed E-state index contributed by atoms with van der Waals surface area (Å²) in [5.74, 6) is 0.371. The molecule has 3 nitrogen and oxygen atoms in total. The highest BCUT2D eigenvalue weighted by molar-refractivity contribution is 7.85. The van der Waals surface area contributed by atoms with Crippen LogP contribution in [-0.4, -0.2) is 13.0 Å². The largest absolute Gasteiger partial charge is 0.294 e. The molecule has 0 aliphatic carbocycles. The van der Waals surface area contributed by atoms with Crippen LogP contribution in [0.25, 0.3) is 10.8 Å². The standard InChI is InChI=1S/C13H14O3S/c1-9(2)12-5-3-4-10-8-11(17(14,15)16)6-7-13(10)12/h3-9H,1-2H3,(H,14,15,16). The maximum atomic E-state index is 11.1. The maximum absolute atomic E-state index is 11.1. The van der Waals surface area contributed by atoms with Gasteiger partial charge in [-0.1, -0.05) is 38.1 Å². The normalized spacial score (nSPS) is 12.2. The third-order valence-corrected chi connectivity index (χ3v) is 3.66. The van der Waals surface area contributed by atoms with E-state index in [1.54, 1.807) is 6.07 Å². The second-order valence-electron chi connectivity index (χ2n) is 4.36. The highest BCUT2D eigenvalue weighted by Crippen LogP contribution is 2.27. The molecule has 0 heterocycles. The molecule has 0 unspecified atom stereocenters. The molecule has 0 saturated carbocycles. The first-order chi connectivity index (χ1) is 7.89. The molecule has 0 aliphatic rings. The predicted molar refractivity (Wildman–Crippen MR) is 67.9 cm³/mol. The summed E-state index contributed by atoms with van der Waals surface area (Å²) in [5.41, 5.74) is 1.17. The fraction of sp³-hybridized carbons (Fsp3) is 0.231. The minimum Gasteiger partial charge on any atom is -0.282 e. The predicted octanol–water partition coefficient (Wildman–Crippen LogP) is 3.21. The molecule has 2 rings (SSSR count). The van der Waals surface area contributed by atoms with E-state index < -0.39 is 10.1 Å². The topological polar surface area (TPSA) is 54.4 Å². The van der Waals surface area contributed by atoms with Crippen LogP contribution in [0.5, 0.6) is 0 Å². The molecule has 0 aromatic heterocycles. The van der Waals surface area contributed by atoms with E-state index in [9.17, 15) is 8.42 Å². The Labute approximate surface area is 101 Å². The molecule has 0 amide bonds. The Kier molecular flexibility index (Phi) is 2.93. The molecule has 0 bridgehead atoms. The molecule has 1 N–H and O–H groups in total. The van der Waals surface area contributed by atoms with Crippen molar-refractivity contribution >= 4 is 20.9 Å². The van der Waals surface area contributed by atoms with Crippen molar-refractivity contribution < 1.29 is 13.0 Å². The maximum Gasteiger partial charge on any atom is 0.294 e. The number of hydrogen-bond acceptors (Lipinski definition) is 2. The van der Waals surface area contributed by atoms with E-state index in [1.165, 1.54) is 17.7 Å². The van der Waals surface area contributed by atoms with Crippen molar-refractivity contribution in [1.82, 2.24) is 0 Å². The van der Waals surface area contributed by atoms with Gasteiger partial charge in [0.05, 0.1) is 4.90 Å². The second kappa shape index (κ2) is 4.13. The minimum absolute atomic E-state index is 0.0640. The third kappa shape index (κ3) is 2.33. The van der Waals surface area contributed by atoms with Gasteiger partial charge in [-0.3, -0.25) is 4.55 Å². The van der Waals surface area contributed by atoms with Gasteiger partial charge in [0.2, 0.25) is 0 Å². The first kappa shape index (κ1) is 12.1. The fourth-order valence-corrected chi connectivity index (χ4v) is 2.47. The smallest absolute Gasteiger partial charge is 0.282 e. The Morgan fingerprint density at radius 3 is 2.41 bits per heavy atom. The van der Waals surface area contributed by atoms with E-state index >= 15 is 0 Å². The van der Waals surface area contributed by atoms with Gasteiger partial charge in [0.1, 0.15) is 0 Å². The van der Waals surface area contributed by atoms with Gasteiger partial charge in [0.25, 0.3) is 10.1 Å². The molecule has 0 saturated heterocycles. The third-order valence-electron chi connectivity index (χ3n) is 2.81. The number of benzene rings is 2. The molecule has 0 atom stereocenters.